The summed E-state index contributed by atoms with van der Waals surface area (Å²) >= 11 is 0. The molecule has 0 heterocycles. The predicted molar refractivity (Wildman–Crippen MR) is 116 cm³/mol. The number of carbonyl (C=O) groups excluding carboxylic acids is 2. The number of hydrogen-bond acceptors (Lipinski definition) is 10. The average molecular weight is 478 g/mol. The van der Waals surface area contributed by atoms with Crippen LogP contribution in [0.3, 0.4) is 0 Å². The monoisotopic (exact) mass is 478 g/mol. The van der Waals surface area contributed by atoms with Gasteiger partial charge in [0.25, 0.3) is 5.09 Å². The third-order valence-corrected chi connectivity index (χ3v) is 9.20. The molecule has 1 unspecified atom stereocenters. The molecule has 11 nitrogen and oxygen atoms in total. The van der Waals surface area contributed by atoms with Gasteiger partial charge in [-0.05, 0) is 56.1 Å². The lowest BCUT2D eigenvalue weighted by Gasteiger charge is -2.60. The quantitative estimate of drug-likeness (QED) is 0.315. The molecular weight excluding hydrogens is 448 g/mol. The van der Waals surface area contributed by atoms with E-state index in [1.54, 1.807) is 19.1 Å². The standard InChI is InChI=1S/C23H30N2O9/c1-4-22-8-7-14(26)9-13(22)5-6-15-16-10-19(32-3)23(28,18(27)12-33-25(30)31)21(16,2)11-17(20(15)22)34-24-29/h7-9,15-17,19-20,28H,4-6,10-12H2,1-3H3/t15?,16-,17-,19+,20+,21-,22-,23+/m0/s1. The summed E-state index contributed by atoms with van der Waals surface area (Å²) in [5.41, 5.74) is -2.69. The minimum Gasteiger partial charge on any atom is -0.379 e. The molecule has 4 aliphatic carbocycles. The van der Waals surface area contributed by atoms with E-state index in [4.69, 9.17) is 9.57 Å². The van der Waals surface area contributed by atoms with Gasteiger partial charge in [-0.3, -0.25) is 9.59 Å². The molecule has 3 saturated carbocycles. The fourth-order valence-corrected chi connectivity index (χ4v) is 7.80. The molecule has 4 rings (SSSR count). The minimum absolute atomic E-state index is 0.0728. The molecular formula is C23H30N2O9. The first-order valence-electron chi connectivity index (χ1n) is 11.6. The summed E-state index contributed by atoms with van der Waals surface area (Å²) in [6, 6.07) is 0. The third-order valence-electron chi connectivity index (χ3n) is 9.20. The molecule has 11 heteroatoms. The van der Waals surface area contributed by atoms with Crippen molar-refractivity contribution in [2.45, 2.75) is 63.8 Å². The van der Waals surface area contributed by atoms with Gasteiger partial charge in [-0.1, -0.05) is 25.5 Å². The molecule has 3 fully saturated rings. The summed E-state index contributed by atoms with van der Waals surface area (Å²) in [6.07, 6.45) is 5.97. The number of hydrogen-bond donors (Lipinski definition) is 1. The van der Waals surface area contributed by atoms with Gasteiger partial charge < -0.3 is 19.5 Å². The van der Waals surface area contributed by atoms with Crippen LogP contribution in [0.2, 0.25) is 0 Å². The first-order chi connectivity index (χ1) is 16.1. The van der Waals surface area contributed by atoms with E-state index < -0.39 is 46.1 Å². The number of aliphatic hydroxyl groups is 1. The highest BCUT2D eigenvalue weighted by Crippen LogP contribution is 2.68. The Bertz CT molecular complexity index is 964. The maximum atomic E-state index is 13.2. The minimum atomic E-state index is -2.08. The van der Waals surface area contributed by atoms with Crippen LogP contribution < -0.4 is 0 Å². The van der Waals surface area contributed by atoms with Gasteiger partial charge in [0.15, 0.2) is 29.1 Å². The predicted octanol–water partition coefficient (Wildman–Crippen LogP) is 2.49. The van der Waals surface area contributed by atoms with Gasteiger partial charge >= 0.3 is 0 Å². The van der Waals surface area contributed by atoms with Crippen molar-refractivity contribution in [2.24, 2.45) is 33.9 Å². The van der Waals surface area contributed by atoms with Gasteiger partial charge in [-0.25, -0.2) is 0 Å². The van der Waals surface area contributed by atoms with Crippen molar-refractivity contribution < 1.29 is 34.2 Å². The number of ether oxygens (including phenoxy) is 1. The van der Waals surface area contributed by atoms with Crippen LogP contribution in [-0.2, 0) is 24.0 Å². The molecule has 0 bridgehead atoms. The largest absolute Gasteiger partial charge is 0.379 e. The van der Waals surface area contributed by atoms with Crippen LogP contribution in [0.25, 0.3) is 0 Å². The molecule has 0 amide bonds. The number of methoxy groups -OCH3 is 1. The number of allylic oxidation sites excluding steroid dienone is 4. The first kappa shape index (κ1) is 24.5. The number of rotatable bonds is 8. The van der Waals surface area contributed by atoms with Crippen LogP contribution in [-0.4, -0.2) is 53.3 Å². The van der Waals surface area contributed by atoms with Crippen LogP contribution in [0.15, 0.2) is 29.1 Å². The van der Waals surface area contributed by atoms with Crippen molar-refractivity contribution >= 4 is 11.6 Å². The van der Waals surface area contributed by atoms with Gasteiger partial charge in [0.05, 0.1) is 6.10 Å². The van der Waals surface area contributed by atoms with Crippen molar-refractivity contribution in [3.63, 3.8) is 0 Å². The smallest absolute Gasteiger partial charge is 0.294 e. The second-order valence-corrected chi connectivity index (χ2v) is 10.1. The highest BCUT2D eigenvalue weighted by atomic mass is 16.9. The highest BCUT2D eigenvalue weighted by molar-refractivity contribution is 6.01. The van der Waals surface area contributed by atoms with Gasteiger partial charge in [0.2, 0.25) is 0 Å². The Morgan fingerprint density at radius 3 is 2.76 bits per heavy atom. The second-order valence-electron chi connectivity index (χ2n) is 10.1. The Hall–Kier alpha value is -2.66. The highest BCUT2D eigenvalue weighted by Gasteiger charge is 2.72. The molecule has 4 aliphatic rings. The first-order valence-corrected chi connectivity index (χ1v) is 11.6. The fourth-order valence-electron chi connectivity index (χ4n) is 7.80. The van der Waals surface area contributed by atoms with Crippen LogP contribution in [0, 0.1) is 43.6 Å². The van der Waals surface area contributed by atoms with Crippen molar-refractivity contribution in [3.8, 4) is 0 Å². The van der Waals surface area contributed by atoms with E-state index in [1.165, 1.54) is 7.11 Å². The third kappa shape index (κ3) is 3.24. The van der Waals surface area contributed by atoms with E-state index >= 15 is 0 Å². The van der Waals surface area contributed by atoms with E-state index in [0.29, 0.717) is 25.7 Å². The molecule has 0 radical (unpaired) electrons. The van der Waals surface area contributed by atoms with Gasteiger partial charge in [0.1, 0.15) is 6.10 Å². The topological polar surface area (TPSA) is 155 Å². The lowest BCUT2D eigenvalue weighted by molar-refractivity contribution is -0.754. The van der Waals surface area contributed by atoms with E-state index in [0.717, 1.165) is 5.57 Å². The molecule has 0 aromatic heterocycles. The Kier molecular flexibility index (Phi) is 6.14. The molecule has 1 N–H and O–H groups in total. The van der Waals surface area contributed by atoms with Gasteiger partial charge in [-0.15, -0.1) is 15.0 Å². The summed E-state index contributed by atoms with van der Waals surface area (Å²) in [5, 5.41) is 24.2. The Morgan fingerprint density at radius 2 is 2.15 bits per heavy atom. The zero-order valence-corrected chi connectivity index (χ0v) is 19.5. The summed E-state index contributed by atoms with van der Waals surface area (Å²) < 4.78 is 5.57. The van der Waals surface area contributed by atoms with E-state index in [1.807, 2.05) is 13.0 Å². The number of carbonyl (C=O) groups is 2. The van der Waals surface area contributed by atoms with Crippen LogP contribution in [0.4, 0.5) is 0 Å². The SMILES string of the molecule is CC[C@]12C=CC(=O)C=C1CCC1[C@@H]2[C@@H](ON=O)C[C@@]2(C)[C@H]1C[C@@H](OC)[C@]2(O)C(=O)CO[N+](=O)[O-]. The molecule has 0 spiro atoms. The van der Waals surface area contributed by atoms with Crippen molar-refractivity contribution in [2.75, 3.05) is 13.7 Å². The Balaban J connectivity index is 1.80. The average Bonchev–Trinajstić information content (AvgIpc) is 3.04. The van der Waals surface area contributed by atoms with Crippen molar-refractivity contribution in [3.05, 3.63) is 38.8 Å². The molecule has 0 aromatic rings. The van der Waals surface area contributed by atoms with E-state index in [-0.39, 0.29) is 30.0 Å². The summed E-state index contributed by atoms with van der Waals surface area (Å²) in [4.78, 5) is 57.0. The molecule has 0 aromatic carbocycles. The van der Waals surface area contributed by atoms with Gasteiger partial charge in [-0.2, -0.15) is 0 Å². The Labute approximate surface area is 196 Å². The molecule has 0 aliphatic heterocycles. The van der Waals surface area contributed by atoms with Crippen LogP contribution in [0.5, 0.6) is 0 Å². The number of Topliss-reactive ketones (excluding diaryl/α,β-unsaturated/α-hetero) is 1. The summed E-state index contributed by atoms with van der Waals surface area (Å²) in [7, 11) is 1.39. The summed E-state index contributed by atoms with van der Waals surface area (Å²) in [6.45, 7) is 2.87. The van der Waals surface area contributed by atoms with E-state index in [9.17, 15) is 29.7 Å². The Morgan fingerprint density at radius 1 is 1.41 bits per heavy atom. The number of nitrogens with zero attached hydrogens (tertiary/aromatic N) is 2. The van der Waals surface area contributed by atoms with Crippen molar-refractivity contribution in [1.29, 1.82) is 0 Å². The normalized spacial score (nSPS) is 42.6. The molecule has 34 heavy (non-hydrogen) atoms. The lowest BCUT2D eigenvalue weighted by Crippen LogP contribution is -2.64. The number of fused-ring (bicyclic) bond motifs is 5. The zero-order chi connectivity index (χ0) is 24.9. The molecule has 0 saturated heterocycles. The van der Waals surface area contributed by atoms with Crippen LogP contribution in [0.1, 0.15) is 46.0 Å². The van der Waals surface area contributed by atoms with Crippen molar-refractivity contribution in [1.82, 2.24) is 0 Å². The zero-order valence-electron chi connectivity index (χ0n) is 19.5. The lowest BCUT2D eigenvalue weighted by atomic mass is 9.45. The molecule has 8 atom stereocenters. The fraction of sp³-hybridized carbons (Fsp3) is 0.739. The second kappa shape index (κ2) is 8.53. The molecule has 186 valence electrons. The number of ketones is 2. The van der Waals surface area contributed by atoms with Gasteiger partial charge in [0, 0.05) is 23.9 Å². The maximum absolute atomic E-state index is 13.2. The van der Waals surface area contributed by atoms with E-state index in [2.05, 4.69) is 10.2 Å². The summed E-state index contributed by atoms with van der Waals surface area (Å²) in [5.74, 6) is -1.40. The van der Waals surface area contributed by atoms with Crippen LogP contribution >= 0.6 is 0 Å². The maximum Gasteiger partial charge on any atom is 0.294 e.